The monoisotopic (exact) mass is 261 g/mol. The Kier molecular flexibility index (Phi) is 7.81. The van der Waals surface area contributed by atoms with Crippen LogP contribution < -0.4 is 5.32 Å². The predicted octanol–water partition coefficient (Wildman–Crippen LogP) is 5.25. The van der Waals surface area contributed by atoms with E-state index in [-0.39, 0.29) is 0 Å². The fourth-order valence-electron chi connectivity index (χ4n) is 2.99. The van der Waals surface area contributed by atoms with Gasteiger partial charge >= 0.3 is 0 Å². The van der Waals surface area contributed by atoms with E-state index in [9.17, 15) is 0 Å². The summed E-state index contributed by atoms with van der Waals surface area (Å²) in [6, 6.07) is 9.40. The van der Waals surface area contributed by atoms with Crippen LogP contribution in [0.5, 0.6) is 0 Å². The average Bonchev–Trinajstić information content (AvgIpc) is 2.41. The summed E-state index contributed by atoms with van der Waals surface area (Å²) in [7, 11) is 0. The molecule has 0 saturated heterocycles. The van der Waals surface area contributed by atoms with E-state index in [1.54, 1.807) is 0 Å². The number of aryl methyl sites for hydroxylation is 1. The minimum atomic E-state index is 0.529. The maximum atomic E-state index is 3.80. The number of nitrogens with one attached hydrogen (secondary N) is 1. The van der Waals surface area contributed by atoms with Crippen molar-refractivity contribution in [2.75, 3.05) is 6.54 Å². The second kappa shape index (κ2) is 9.14. The molecule has 19 heavy (non-hydrogen) atoms. The van der Waals surface area contributed by atoms with E-state index in [1.807, 2.05) is 0 Å². The van der Waals surface area contributed by atoms with E-state index >= 15 is 0 Å². The third-order valence-corrected chi connectivity index (χ3v) is 3.93. The smallest absolute Gasteiger partial charge is 0.0351 e. The van der Waals surface area contributed by atoms with Crippen molar-refractivity contribution in [2.24, 2.45) is 5.92 Å². The minimum Gasteiger partial charge on any atom is -0.310 e. The third-order valence-electron chi connectivity index (χ3n) is 3.93. The molecule has 0 fully saturated rings. The van der Waals surface area contributed by atoms with Crippen LogP contribution in [0.25, 0.3) is 0 Å². The Morgan fingerprint density at radius 3 is 2.11 bits per heavy atom. The molecule has 0 aliphatic rings. The zero-order valence-corrected chi connectivity index (χ0v) is 13.2. The number of rotatable bonds is 9. The minimum absolute atomic E-state index is 0.529. The van der Waals surface area contributed by atoms with Crippen molar-refractivity contribution in [3.63, 3.8) is 0 Å². The van der Waals surface area contributed by atoms with E-state index in [1.165, 1.54) is 43.2 Å². The predicted molar refractivity (Wildman–Crippen MR) is 85.5 cm³/mol. The van der Waals surface area contributed by atoms with Crippen LogP contribution in [-0.4, -0.2) is 6.54 Å². The fourth-order valence-corrected chi connectivity index (χ4v) is 2.99. The molecule has 1 rings (SSSR count). The van der Waals surface area contributed by atoms with Gasteiger partial charge in [0.2, 0.25) is 0 Å². The summed E-state index contributed by atoms with van der Waals surface area (Å²) in [5.74, 6) is 0.766. The molecular weight excluding hydrogens is 230 g/mol. The van der Waals surface area contributed by atoms with Gasteiger partial charge in [-0.2, -0.15) is 0 Å². The first-order valence-corrected chi connectivity index (χ1v) is 8.03. The van der Waals surface area contributed by atoms with Crippen LogP contribution in [0.2, 0.25) is 0 Å². The zero-order chi connectivity index (χ0) is 14.1. The first-order valence-electron chi connectivity index (χ1n) is 8.03. The molecule has 1 nitrogen and oxygen atoms in total. The van der Waals surface area contributed by atoms with E-state index in [0.29, 0.717) is 6.04 Å². The molecule has 0 aliphatic carbocycles. The van der Waals surface area contributed by atoms with Crippen LogP contribution in [0.3, 0.4) is 0 Å². The van der Waals surface area contributed by atoms with E-state index < -0.39 is 0 Å². The van der Waals surface area contributed by atoms with Gasteiger partial charge in [0.25, 0.3) is 0 Å². The number of hydrogen-bond donors (Lipinski definition) is 1. The molecule has 0 radical (unpaired) electrons. The van der Waals surface area contributed by atoms with Crippen molar-refractivity contribution in [3.05, 3.63) is 35.4 Å². The van der Waals surface area contributed by atoms with Crippen molar-refractivity contribution < 1.29 is 0 Å². The summed E-state index contributed by atoms with van der Waals surface area (Å²) in [6.45, 7) is 10.2. The highest BCUT2D eigenvalue weighted by molar-refractivity contribution is 5.29. The van der Waals surface area contributed by atoms with Crippen LogP contribution in [0, 0.1) is 12.8 Å². The summed E-state index contributed by atoms with van der Waals surface area (Å²) >= 11 is 0. The molecule has 1 atom stereocenters. The second-order valence-corrected chi connectivity index (χ2v) is 5.63. The molecule has 1 unspecified atom stereocenters. The molecule has 0 aliphatic heterocycles. The Morgan fingerprint density at radius 2 is 1.58 bits per heavy atom. The average molecular weight is 261 g/mol. The molecule has 1 aromatic rings. The summed E-state index contributed by atoms with van der Waals surface area (Å²) in [4.78, 5) is 0. The van der Waals surface area contributed by atoms with Crippen LogP contribution in [0.1, 0.15) is 70.0 Å². The zero-order valence-electron chi connectivity index (χ0n) is 13.2. The molecule has 0 spiro atoms. The van der Waals surface area contributed by atoms with Gasteiger partial charge in [-0.1, -0.05) is 57.9 Å². The fraction of sp³-hybridized carbons (Fsp3) is 0.667. The van der Waals surface area contributed by atoms with Crippen molar-refractivity contribution >= 4 is 0 Å². The van der Waals surface area contributed by atoms with Crippen molar-refractivity contribution in [1.82, 2.24) is 5.32 Å². The molecule has 1 heteroatoms. The first kappa shape index (κ1) is 16.2. The Balaban J connectivity index is 2.94. The van der Waals surface area contributed by atoms with Gasteiger partial charge in [0.1, 0.15) is 0 Å². The summed E-state index contributed by atoms with van der Waals surface area (Å²) in [6.07, 6.45) is 6.40. The van der Waals surface area contributed by atoms with Gasteiger partial charge in [-0.15, -0.1) is 0 Å². The lowest BCUT2D eigenvalue weighted by atomic mass is 9.84. The van der Waals surface area contributed by atoms with Gasteiger partial charge in [0.15, 0.2) is 0 Å². The molecule has 0 saturated carbocycles. The SMILES string of the molecule is CCCNC(c1ccccc1C)C(CCC)CCC. The highest BCUT2D eigenvalue weighted by atomic mass is 14.9. The maximum Gasteiger partial charge on any atom is 0.0351 e. The number of benzene rings is 1. The molecule has 0 bridgehead atoms. The summed E-state index contributed by atoms with van der Waals surface area (Å²) in [5, 5.41) is 3.80. The van der Waals surface area contributed by atoms with Crippen LogP contribution in [0.15, 0.2) is 24.3 Å². The lowest BCUT2D eigenvalue weighted by molar-refractivity contribution is 0.315. The van der Waals surface area contributed by atoms with Crippen LogP contribution in [-0.2, 0) is 0 Å². The topological polar surface area (TPSA) is 12.0 Å². The lowest BCUT2D eigenvalue weighted by Gasteiger charge is -2.29. The largest absolute Gasteiger partial charge is 0.310 e. The van der Waals surface area contributed by atoms with E-state index in [4.69, 9.17) is 0 Å². The third kappa shape index (κ3) is 4.99. The van der Waals surface area contributed by atoms with Crippen molar-refractivity contribution in [2.45, 2.75) is 65.8 Å². The molecule has 0 aromatic heterocycles. The van der Waals surface area contributed by atoms with Gasteiger partial charge in [-0.25, -0.2) is 0 Å². The molecule has 1 N–H and O–H groups in total. The van der Waals surface area contributed by atoms with E-state index in [2.05, 4.69) is 57.3 Å². The Bertz CT molecular complexity index is 339. The van der Waals surface area contributed by atoms with Gasteiger partial charge < -0.3 is 5.32 Å². The molecule has 108 valence electrons. The summed E-state index contributed by atoms with van der Waals surface area (Å²) in [5.41, 5.74) is 2.93. The molecule has 0 heterocycles. The van der Waals surface area contributed by atoms with Crippen LogP contribution in [0.4, 0.5) is 0 Å². The van der Waals surface area contributed by atoms with Crippen molar-refractivity contribution in [1.29, 1.82) is 0 Å². The van der Waals surface area contributed by atoms with E-state index in [0.717, 1.165) is 12.5 Å². The normalized spacial score (nSPS) is 12.9. The molecule has 0 amide bonds. The lowest BCUT2D eigenvalue weighted by Crippen LogP contribution is -2.29. The Hall–Kier alpha value is -0.820. The van der Waals surface area contributed by atoms with Gasteiger partial charge in [-0.3, -0.25) is 0 Å². The van der Waals surface area contributed by atoms with Crippen LogP contribution >= 0.6 is 0 Å². The quantitative estimate of drug-likeness (QED) is 0.640. The van der Waals surface area contributed by atoms with Gasteiger partial charge in [0.05, 0.1) is 0 Å². The summed E-state index contributed by atoms with van der Waals surface area (Å²) < 4.78 is 0. The number of hydrogen-bond acceptors (Lipinski definition) is 1. The molecular formula is C18H31N. The first-order chi connectivity index (χ1) is 9.24. The highest BCUT2D eigenvalue weighted by Crippen LogP contribution is 2.31. The maximum absolute atomic E-state index is 3.80. The molecule has 1 aromatic carbocycles. The van der Waals surface area contributed by atoms with Gasteiger partial charge in [-0.05, 0) is 49.8 Å². The standard InChI is InChI=1S/C18H31N/c1-5-10-16(11-6-2)18(19-14-7-3)17-13-9-8-12-15(17)4/h8-9,12-13,16,18-19H,5-7,10-11,14H2,1-4H3. The van der Waals surface area contributed by atoms with Gasteiger partial charge in [0, 0.05) is 6.04 Å². The Morgan fingerprint density at radius 1 is 0.947 bits per heavy atom. The Labute approximate surface area is 119 Å². The highest BCUT2D eigenvalue weighted by Gasteiger charge is 2.22. The second-order valence-electron chi connectivity index (χ2n) is 5.63. The van der Waals surface area contributed by atoms with Crippen molar-refractivity contribution in [3.8, 4) is 0 Å².